The Labute approximate surface area is 176 Å². The van der Waals surface area contributed by atoms with E-state index in [0.717, 1.165) is 45.6 Å². The Balaban J connectivity index is 0.00000240. The molecule has 0 amide bonds. The quantitative estimate of drug-likeness (QED) is 0.592. The molecule has 29 heavy (non-hydrogen) atoms. The van der Waals surface area contributed by atoms with Gasteiger partial charge in [-0.15, -0.1) is 12.4 Å². The van der Waals surface area contributed by atoms with Crippen LogP contribution in [-0.2, 0) is 0 Å². The number of hydrogen-bond donors (Lipinski definition) is 1. The molecule has 2 saturated heterocycles. The van der Waals surface area contributed by atoms with Gasteiger partial charge in [0.05, 0.1) is 11.0 Å². The van der Waals surface area contributed by atoms with Crippen LogP contribution in [0.25, 0.3) is 11.5 Å². The first-order chi connectivity index (χ1) is 13.5. The third-order valence-electron chi connectivity index (χ3n) is 5.67. The highest BCUT2D eigenvalue weighted by Crippen LogP contribution is 2.35. The van der Waals surface area contributed by atoms with Gasteiger partial charge in [-0.05, 0) is 37.9 Å². The van der Waals surface area contributed by atoms with Crippen LogP contribution in [0, 0.1) is 16.0 Å². The Morgan fingerprint density at radius 2 is 2.17 bits per heavy atom. The van der Waals surface area contributed by atoms with Crippen LogP contribution in [0.15, 0.2) is 22.7 Å². The third kappa shape index (κ3) is 4.52. The Bertz CT molecular complexity index is 860. The van der Waals surface area contributed by atoms with E-state index in [1.54, 1.807) is 6.07 Å². The van der Waals surface area contributed by atoms with E-state index in [-0.39, 0.29) is 29.1 Å². The lowest BCUT2D eigenvalue weighted by molar-refractivity contribution is -0.384. The largest absolute Gasteiger partial charge is 0.366 e. The fourth-order valence-corrected chi connectivity index (χ4v) is 4.06. The van der Waals surface area contributed by atoms with Gasteiger partial charge in [0.2, 0.25) is 0 Å². The number of hydrogen-bond acceptors (Lipinski definition) is 8. The van der Waals surface area contributed by atoms with Crippen molar-refractivity contribution in [2.45, 2.75) is 25.8 Å². The molecular formula is C19H27ClN6O3. The van der Waals surface area contributed by atoms with Gasteiger partial charge in [-0.1, -0.05) is 12.1 Å². The van der Waals surface area contributed by atoms with Crippen molar-refractivity contribution >= 4 is 23.8 Å². The predicted molar refractivity (Wildman–Crippen MR) is 112 cm³/mol. The highest BCUT2D eigenvalue weighted by molar-refractivity contribution is 5.85. The van der Waals surface area contributed by atoms with Crippen molar-refractivity contribution in [3.63, 3.8) is 0 Å². The van der Waals surface area contributed by atoms with E-state index < -0.39 is 0 Å². The van der Waals surface area contributed by atoms with Gasteiger partial charge in [0, 0.05) is 44.4 Å². The summed E-state index contributed by atoms with van der Waals surface area (Å²) < 4.78 is 5.44. The summed E-state index contributed by atoms with van der Waals surface area (Å²) >= 11 is 0. The lowest BCUT2D eigenvalue weighted by Gasteiger charge is -2.32. The Morgan fingerprint density at radius 3 is 2.90 bits per heavy atom. The maximum absolute atomic E-state index is 11.7. The zero-order chi connectivity index (χ0) is 19.7. The number of halogens is 1. The molecule has 2 atom stereocenters. The molecule has 0 radical (unpaired) electrons. The molecule has 1 N–H and O–H groups in total. The molecular weight excluding hydrogens is 396 g/mol. The maximum Gasteiger partial charge on any atom is 0.293 e. The Hall–Kier alpha value is -2.23. The van der Waals surface area contributed by atoms with Gasteiger partial charge in [0.1, 0.15) is 5.69 Å². The summed E-state index contributed by atoms with van der Waals surface area (Å²) in [5.41, 5.74) is 1.32. The van der Waals surface area contributed by atoms with Gasteiger partial charge in [0.25, 0.3) is 11.6 Å². The van der Waals surface area contributed by atoms with E-state index in [4.69, 9.17) is 4.52 Å². The van der Waals surface area contributed by atoms with Crippen LogP contribution >= 0.6 is 12.4 Å². The second-order valence-electron chi connectivity index (χ2n) is 7.81. The summed E-state index contributed by atoms with van der Waals surface area (Å²) in [4.78, 5) is 20.2. The van der Waals surface area contributed by atoms with Gasteiger partial charge in [0.15, 0.2) is 5.82 Å². The number of piperidine rings is 1. The number of nitrogens with one attached hydrogen (secondary N) is 1. The highest BCUT2D eigenvalue weighted by Gasteiger charge is 2.28. The zero-order valence-corrected chi connectivity index (χ0v) is 17.5. The molecule has 10 heteroatoms. The molecule has 3 heterocycles. The van der Waals surface area contributed by atoms with E-state index >= 15 is 0 Å². The Kier molecular flexibility index (Phi) is 6.71. The molecule has 0 aliphatic carbocycles. The van der Waals surface area contributed by atoms with Crippen molar-refractivity contribution in [1.29, 1.82) is 0 Å². The number of piperazine rings is 1. The summed E-state index contributed by atoms with van der Waals surface area (Å²) in [6.45, 7) is 6.46. The molecule has 2 unspecified atom stereocenters. The molecule has 2 aromatic rings. The monoisotopic (exact) mass is 422 g/mol. The van der Waals surface area contributed by atoms with Gasteiger partial charge in [-0.25, -0.2) is 0 Å². The average Bonchev–Trinajstić information content (AvgIpc) is 3.18. The number of likely N-dealkylation sites (N-methyl/N-ethyl adjacent to an activating group) is 1. The normalized spacial score (nSPS) is 22.9. The highest BCUT2D eigenvalue weighted by atomic mass is 35.5. The van der Waals surface area contributed by atoms with Gasteiger partial charge in [-0.2, -0.15) is 4.98 Å². The topological polar surface area (TPSA) is 101 Å². The molecule has 9 nitrogen and oxygen atoms in total. The third-order valence-corrected chi connectivity index (χ3v) is 5.67. The van der Waals surface area contributed by atoms with Crippen LogP contribution < -0.4 is 10.2 Å². The van der Waals surface area contributed by atoms with Crippen LogP contribution in [-0.4, -0.2) is 59.7 Å². The zero-order valence-electron chi connectivity index (χ0n) is 16.7. The van der Waals surface area contributed by atoms with Crippen LogP contribution in [0.1, 0.15) is 31.6 Å². The van der Waals surface area contributed by atoms with E-state index in [0.29, 0.717) is 28.9 Å². The van der Waals surface area contributed by atoms with Crippen molar-refractivity contribution < 1.29 is 9.45 Å². The number of nitro benzene ring substituents is 1. The molecule has 2 fully saturated rings. The van der Waals surface area contributed by atoms with E-state index in [1.165, 1.54) is 0 Å². The number of anilines is 1. The van der Waals surface area contributed by atoms with Crippen LogP contribution in [0.4, 0.5) is 11.4 Å². The minimum atomic E-state index is -0.325. The summed E-state index contributed by atoms with van der Waals surface area (Å²) in [6.07, 6.45) is 2.22. The number of rotatable bonds is 4. The van der Waals surface area contributed by atoms with Crippen LogP contribution in [0.5, 0.6) is 0 Å². The first kappa shape index (κ1) is 21.5. The van der Waals surface area contributed by atoms with Crippen molar-refractivity contribution in [3.8, 4) is 11.5 Å². The first-order valence-electron chi connectivity index (χ1n) is 9.81. The lowest BCUT2D eigenvalue weighted by Crippen LogP contribution is -2.44. The minimum Gasteiger partial charge on any atom is -0.366 e. The molecule has 158 valence electrons. The molecule has 1 aromatic heterocycles. The first-order valence-corrected chi connectivity index (χ1v) is 9.81. The molecule has 0 bridgehead atoms. The molecule has 0 saturated carbocycles. The van der Waals surface area contributed by atoms with Crippen molar-refractivity contribution in [2.24, 2.45) is 5.92 Å². The van der Waals surface area contributed by atoms with E-state index in [1.807, 2.05) is 19.2 Å². The summed E-state index contributed by atoms with van der Waals surface area (Å²) in [7, 11) is 2.03. The summed E-state index contributed by atoms with van der Waals surface area (Å²) in [6, 6.07) is 5.23. The lowest BCUT2D eigenvalue weighted by atomic mass is 9.99. The fourth-order valence-electron chi connectivity index (χ4n) is 4.06. The number of benzene rings is 1. The SMILES string of the molecule is CC1CCCN(c2ccc(-c3nc(C4CNCCN4C)no3)cc2[N+](=O)[O-])C1.Cl. The molecule has 1 aromatic carbocycles. The number of nitro groups is 1. The van der Waals surface area contributed by atoms with Crippen LogP contribution in [0.3, 0.4) is 0 Å². The molecule has 4 rings (SSSR count). The second-order valence-corrected chi connectivity index (χ2v) is 7.81. The van der Waals surface area contributed by atoms with Gasteiger partial charge in [-0.3, -0.25) is 15.0 Å². The summed E-state index contributed by atoms with van der Waals surface area (Å²) in [5, 5.41) is 19.2. The van der Waals surface area contributed by atoms with Crippen LogP contribution in [0.2, 0.25) is 0 Å². The predicted octanol–water partition coefficient (Wildman–Crippen LogP) is 2.88. The molecule has 2 aliphatic heterocycles. The average molecular weight is 423 g/mol. The Morgan fingerprint density at radius 1 is 1.34 bits per heavy atom. The van der Waals surface area contributed by atoms with Crippen molar-refractivity contribution in [2.75, 3.05) is 44.7 Å². The second kappa shape index (κ2) is 9.06. The summed E-state index contributed by atoms with van der Waals surface area (Å²) in [5.74, 6) is 1.45. The van der Waals surface area contributed by atoms with Crippen molar-refractivity contribution in [1.82, 2.24) is 20.4 Å². The van der Waals surface area contributed by atoms with Crippen molar-refractivity contribution in [3.05, 3.63) is 34.1 Å². The van der Waals surface area contributed by atoms with E-state index in [2.05, 4.69) is 32.2 Å². The standard InChI is InChI=1S/C19H26N6O3.ClH/c1-13-4-3-8-24(12-13)15-6-5-14(10-16(15)25(26)27)19-21-18(22-28-19)17-11-20-7-9-23(17)2;/h5-6,10,13,17,20H,3-4,7-9,11-12H2,1-2H3;1H. The number of aromatic nitrogens is 2. The number of nitrogens with zero attached hydrogens (tertiary/aromatic N) is 5. The smallest absolute Gasteiger partial charge is 0.293 e. The fraction of sp³-hybridized carbons (Fsp3) is 0.579. The minimum absolute atomic E-state index is 0. The van der Waals surface area contributed by atoms with Gasteiger partial charge < -0.3 is 14.7 Å². The van der Waals surface area contributed by atoms with E-state index in [9.17, 15) is 10.1 Å². The molecule has 2 aliphatic rings. The maximum atomic E-state index is 11.7. The molecule has 0 spiro atoms. The van der Waals surface area contributed by atoms with Gasteiger partial charge >= 0.3 is 0 Å².